The molecule has 5 heteroatoms. The zero-order chi connectivity index (χ0) is 13.3. The van der Waals surface area contributed by atoms with Crippen LogP contribution in [0.4, 0.5) is 0 Å². The number of carboxylic acids is 1. The molecule has 1 heterocycles. The normalized spacial score (nSPS) is 15.4. The third kappa shape index (κ3) is 1.79. The van der Waals surface area contributed by atoms with E-state index in [0.29, 0.717) is 11.1 Å². The Morgan fingerprint density at radius 3 is 2.17 bits per heavy atom. The largest absolute Gasteiger partial charge is 0.481 e. The van der Waals surface area contributed by atoms with E-state index in [1.165, 1.54) is 6.08 Å². The maximum atomic E-state index is 12.0. The van der Waals surface area contributed by atoms with Gasteiger partial charge in [0.15, 0.2) is 0 Å². The van der Waals surface area contributed by atoms with Gasteiger partial charge in [0, 0.05) is 6.54 Å². The second-order valence-corrected chi connectivity index (χ2v) is 3.95. The van der Waals surface area contributed by atoms with Crippen LogP contribution in [0.1, 0.15) is 20.7 Å². The fraction of sp³-hybridized carbons (Fsp3) is 0.154. The summed E-state index contributed by atoms with van der Waals surface area (Å²) in [7, 11) is 0. The first-order valence-corrected chi connectivity index (χ1v) is 5.37. The van der Waals surface area contributed by atoms with Crippen molar-refractivity contribution in [3.05, 3.63) is 48.0 Å². The number of fused-ring (bicyclic) bond motifs is 1. The number of benzene rings is 1. The lowest BCUT2D eigenvalue weighted by Crippen LogP contribution is -2.36. The quantitative estimate of drug-likeness (QED) is 0.638. The fourth-order valence-electron chi connectivity index (χ4n) is 1.86. The summed E-state index contributed by atoms with van der Waals surface area (Å²) in [5.74, 6) is -2.97. The van der Waals surface area contributed by atoms with Crippen LogP contribution in [0.3, 0.4) is 0 Å². The lowest BCUT2D eigenvalue weighted by Gasteiger charge is -2.16. The molecule has 1 aromatic rings. The highest BCUT2D eigenvalue weighted by Gasteiger charge is 2.36. The van der Waals surface area contributed by atoms with Crippen LogP contribution in [0.25, 0.3) is 0 Å². The predicted octanol–water partition coefficient (Wildman–Crippen LogP) is 1.17. The van der Waals surface area contributed by atoms with Crippen molar-refractivity contribution in [2.24, 2.45) is 5.92 Å². The number of carbonyl (C=O) groups excluding carboxylic acids is 2. The van der Waals surface area contributed by atoms with Crippen molar-refractivity contribution in [1.29, 1.82) is 0 Å². The molecule has 5 nitrogen and oxygen atoms in total. The van der Waals surface area contributed by atoms with Gasteiger partial charge in [-0.25, -0.2) is 0 Å². The van der Waals surface area contributed by atoms with E-state index in [0.717, 1.165) is 4.90 Å². The van der Waals surface area contributed by atoms with Crippen molar-refractivity contribution in [1.82, 2.24) is 4.90 Å². The summed E-state index contributed by atoms with van der Waals surface area (Å²) in [6, 6.07) is 6.43. The summed E-state index contributed by atoms with van der Waals surface area (Å²) in [5, 5.41) is 8.90. The highest BCUT2D eigenvalue weighted by atomic mass is 16.4. The van der Waals surface area contributed by atoms with Crippen molar-refractivity contribution in [3.63, 3.8) is 0 Å². The monoisotopic (exact) mass is 245 g/mol. The van der Waals surface area contributed by atoms with Crippen LogP contribution in [0.15, 0.2) is 36.9 Å². The number of carbonyl (C=O) groups is 3. The molecule has 1 unspecified atom stereocenters. The molecule has 1 atom stereocenters. The maximum Gasteiger partial charge on any atom is 0.312 e. The number of amides is 2. The molecule has 0 spiro atoms. The molecular formula is C13H11NO4. The molecule has 18 heavy (non-hydrogen) atoms. The Morgan fingerprint density at radius 1 is 1.28 bits per heavy atom. The van der Waals surface area contributed by atoms with E-state index in [2.05, 4.69) is 6.58 Å². The third-order valence-electron chi connectivity index (χ3n) is 2.86. The number of rotatable bonds is 4. The Bertz CT molecular complexity index is 515. The van der Waals surface area contributed by atoms with Gasteiger partial charge < -0.3 is 5.11 Å². The topological polar surface area (TPSA) is 74.7 Å². The molecule has 2 amide bonds. The van der Waals surface area contributed by atoms with Gasteiger partial charge >= 0.3 is 5.97 Å². The van der Waals surface area contributed by atoms with Crippen LogP contribution >= 0.6 is 0 Å². The van der Waals surface area contributed by atoms with Gasteiger partial charge in [0.1, 0.15) is 0 Å². The van der Waals surface area contributed by atoms with Gasteiger partial charge in [0.05, 0.1) is 17.0 Å². The standard InChI is InChI=1S/C13H11NO4/c1-2-8(13(17)18)7-14-11(15)9-5-3-4-6-10(9)12(14)16/h2-6,8H,1,7H2,(H,17,18). The minimum absolute atomic E-state index is 0.189. The predicted molar refractivity (Wildman–Crippen MR) is 63.1 cm³/mol. The van der Waals surface area contributed by atoms with Gasteiger partial charge in [-0.15, -0.1) is 6.58 Å². The average molecular weight is 245 g/mol. The molecular weight excluding hydrogens is 234 g/mol. The lowest BCUT2D eigenvalue weighted by atomic mass is 10.1. The molecule has 0 radical (unpaired) electrons. The van der Waals surface area contributed by atoms with Crippen LogP contribution < -0.4 is 0 Å². The zero-order valence-electron chi connectivity index (χ0n) is 9.50. The number of carboxylic acid groups (broad SMARTS) is 1. The second kappa shape index (κ2) is 4.44. The number of hydrogen-bond acceptors (Lipinski definition) is 3. The molecule has 92 valence electrons. The van der Waals surface area contributed by atoms with E-state index in [-0.39, 0.29) is 6.54 Å². The molecule has 0 bridgehead atoms. The van der Waals surface area contributed by atoms with Crippen molar-refractivity contribution in [2.45, 2.75) is 0 Å². The van der Waals surface area contributed by atoms with Gasteiger partial charge in [-0.1, -0.05) is 18.2 Å². The van der Waals surface area contributed by atoms with Crippen LogP contribution in [0.5, 0.6) is 0 Å². The van der Waals surface area contributed by atoms with Gasteiger partial charge in [0.25, 0.3) is 11.8 Å². The third-order valence-corrected chi connectivity index (χ3v) is 2.86. The molecule has 1 aromatic carbocycles. The minimum Gasteiger partial charge on any atom is -0.481 e. The summed E-state index contributed by atoms with van der Waals surface area (Å²) in [6.07, 6.45) is 1.21. The van der Waals surface area contributed by atoms with E-state index in [1.54, 1.807) is 24.3 Å². The van der Waals surface area contributed by atoms with E-state index in [1.807, 2.05) is 0 Å². The Labute approximate surface area is 103 Å². The van der Waals surface area contributed by atoms with Crippen molar-refractivity contribution < 1.29 is 19.5 Å². The summed E-state index contributed by atoms with van der Waals surface area (Å²) < 4.78 is 0. The van der Waals surface area contributed by atoms with Gasteiger partial charge in [-0.3, -0.25) is 19.3 Å². The van der Waals surface area contributed by atoms with Crippen LogP contribution in [0.2, 0.25) is 0 Å². The van der Waals surface area contributed by atoms with Crippen LogP contribution in [-0.4, -0.2) is 34.3 Å². The van der Waals surface area contributed by atoms with E-state index in [9.17, 15) is 14.4 Å². The highest BCUT2D eigenvalue weighted by Crippen LogP contribution is 2.23. The first kappa shape index (κ1) is 12.0. The van der Waals surface area contributed by atoms with Gasteiger partial charge in [0.2, 0.25) is 0 Å². The summed E-state index contributed by atoms with van der Waals surface area (Å²) in [5.41, 5.74) is 0.631. The molecule has 0 aliphatic carbocycles. The van der Waals surface area contributed by atoms with Crippen molar-refractivity contribution >= 4 is 17.8 Å². The average Bonchev–Trinajstić information content (AvgIpc) is 2.60. The Hall–Kier alpha value is -2.43. The Balaban J connectivity index is 2.29. The van der Waals surface area contributed by atoms with Crippen molar-refractivity contribution in [2.75, 3.05) is 6.54 Å². The number of hydrogen-bond donors (Lipinski definition) is 1. The Morgan fingerprint density at radius 2 is 1.78 bits per heavy atom. The summed E-state index contributed by atoms with van der Waals surface area (Å²) in [4.78, 5) is 35.8. The minimum atomic E-state index is -1.11. The number of nitrogens with zero attached hydrogens (tertiary/aromatic N) is 1. The lowest BCUT2D eigenvalue weighted by molar-refractivity contribution is -0.140. The van der Waals surface area contributed by atoms with Gasteiger partial charge in [-0.2, -0.15) is 0 Å². The SMILES string of the molecule is C=CC(CN1C(=O)c2ccccc2C1=O)C(=O)O. The molecule has 0 aromatic heterocycles. The smallest absolute Gasteiger partial charge is 0.312 e. The molecule has 1 aliphatic rings. The molecule has 1 N–H and O–H groups in total. The molecule has 1 aliphatic heterocycles. The maximum absolute atomic E-state index is 12.0. The van der Waals surface area contributed by atoms with Crippen LogP contribution in [-0.2, 0) is 4.79 Å². The van der Waals surface area contributed by atoms with Gasteiger partial charge in [-0.05, 0) is 12.1 Å². The fourth-order valence-corrected chi connectivity index (χ4v) is 1.86. The molecule has 0 saturated carbocycles. The van der Waals surface area contributed by atoms with Crippen molar-refractivity contribution in [3.8, 4) is 0 Å². The van der Waals surface area contributed by atoms with Crippen LogP contribution in [0, 0.1) is 5.92 Å². The van der Waals surface area contributed by atoms with E-state index in [4.69, 9.17) is 5.11 Å². The number of aliphatic carboxylic acids is 1. The summed E-state index contributed by atoms with van der Waals surface area (Å²) >= 11 is 0. The zero-order valence-corrected chi connectivity index (χ0v) is 9.50. The first-order valence-electron chi connectivity index (χ1n) is 5.37. The molecule has 0 saturated heterocycles. The Kier molecular flexibility index (Phi) is 2.97. The van der Waals surface area contributed by atoms with E-state index < -0.39 is 23.7 Å². The highest BCUT2D eigenvalue weighted by molar-refractivity contribution is 6.21. The summed E-state index contributed by atoms with van der Waals surface area (Å²) in [6.45, 7) is 3.20. The molecule has 0 fully saturated rings. The second-order valence-electron chi connectivity index (χ2n) is 3.95. The molecule has 2 rings (SSSR count). The van der Waals surface area contributed by atoms with E-state index >= 15 is 0 Å². The number of imide groups is 1. The first-order chi connectivity index (χ1) is 8.56.